The minimum absolute atomic E-state index is 0.124. The van der Waals surface area contributed by atoms with E-state index in [2.05, 4.69) is 0 Å². The van der Waals surface area contributed by atoms with Gasteiger partial charge < -0.3 is 15.4 Å². The molecule has 1 aliphatic heterocycles. The second-order valence-corrected chi connectivity index (χ2v) is 6.35. The number of hydrogen-bond acceptors (Lipinski definition) is 3. The molecule has 2 N–H and O–H groups in total. The smallest absolute Gasteiger partial charge is 0.254 e. The lowest BCUT2D eigenvalue weighted by Crippen LogP contribution is -2.41. The van der Waals surface area contributed by atoms with E-state index < -0.39 is 5.91 Å². The lowest BCUT2D eigenvalue weighted by atomic mass is 10.0. The summed E-state index contributed by atoms with van der Waals surface area (Å²) in [7, 11) is 1.72. The molecule has 1 heterocycles. The van der Waals surface area contributed by atoms with E-state index in [9.17, 15) is 9.59 Å². The molecule has 0 bridgehead atoms. The number of carbonyl (C=O) groups excluding carboxylic acids is 2. The molecule has 0 spiro atoms. The summed E-state index contributed by atoms with van der Waals surface area (Å²) in [4.78, 5) is 26.0. The van der Waals surface area contributed by atoms with Crippen LogP contribution in [0.3, 0.4) is 0 Å². The number of likely N-dealkylation sites (N-methyl/N-ethyl adjacent to an activating group) is 1. The van der Waals surface area contributed by atoms with Gasteiger partial charge in [-0.3, -0.25) is 9.59 Å². The number of carbonyl (C=O) groups is 2. The first kappa shape index (κ1) is 17.0. The summed E-state index contributed by atoms with van der Waals surface area (Å²) in [5.74, 6) is 0.215. The van der Waals surface area contributed by atoms with E-state index in [0.717, 1.165) is 23.3 Å². The van der Waals surface area contributed by atoms with Crippen molar-refractivity contribution in [1.29, 1.82) is 0 Å². The van der Waals surface area contributed by atoms with Crippen molar-refractivity contribution in [2.75, 3.05) is 13.7 Å². The zero-order valence-corrected chi connectivity index (χ0v) is 14.3. The van der Waals surface area contributed by atoms with Gasteiger partial charge in [0.05, 0.1) is 6.61 Å². The zero-order chi connectivity index (χ0) is 17.8. The van der Waals surface area contributed by atoms with Gasteiger partial charge in [-0.2, -0.15) is 0 Å². The summed E-state index contributed by atoms with van der Waals surface area (Å²) in [5.41, 5.74) is 8.14. The predicted octanol–water partition coefficient (Wildman–Crippen LogP) is 2.18. The van der Waals surface area contributed by atoms with Gasteiger partial charge in [-0.15, -0.1) is 0 Å². The highest BCUT2D eigenvalue weighted by Gasteiger charge is 2.24. The van der Waals surface area contributed by atoms with Crippen molar-refractivity contribution in [3.63, 3.8) is 0 Å². The third-order valence-electron chi connectivity index (χ3n) is 4.56. The molecule has 0 aliphatic carbocycles. The molecule has 2 aromatic rings. The lowest BCUT2D eigenvalue weighted by Gasteiger charge is -2.28. The average Bonchev–Trinajstić information content (AvgIpc) is 3.08. The van der Waals surface area contributed by atoms with E-state index in [1.165, 1.54) is 0 Å². The second-order valence-electron chi connectivity index (χ2n) is 6.35. The molecule has 5 heteroatoms. The molecular formula is C20H22N2O3. The van der Waals surface area contributed by atoms with Crippen LogP contribution in [-0.4, -0.2) is 36.4 Å². The van der Waals surface area contributed by atoms with Gasteiger partial charge >= 0.3 is 0 Å². The first-order valence-corrected chi connectivity index (χ1v) is 8.39. The highest BCUT2D eigenvalue weighted by atomic mass is 16.5. The molecule has 25 heavy (non-hydrogen) atoms. The molecule has 2 amide bonds. The van der Waals surface area contributed by atoms with Gasteiger partial charge in [0.25, 0.3) is 5.91 Å². The highest BCUT2D eigenvalue weighted by molar-refractivity contribution is 5.95. The standard InChI is InChI=1S/C20H22N2O3/c1-22(17(13-19(21)23)11-14-5-3-2-4-6-14)20(24)16-8-7-15-9-10-25-18(15)12-16/h2-8,12,17H,9-11,13H2,1H3,(H2,21,23). The number of nitrogens with two attached hydrogens (primary N) is 1. The Kier molecular flexibility index (Phi) is 5.03. The van der Waals surface area contributed by atoms with E-state index in [-0.39, 0.29) is 18.4 Å². The van der Waals surface area contributed by atoms with Crippen LogP contribution in [0.2, 0.25) is 0 Å². The summed E-state index contributed by atoms with van der Waals surface area (Å²) in [6.07, 6.45) is 1.57. The van der Waals surface area contributed by atoms with Gasteiger partial charge in [0, 0.05) is 31.5 Å². The molecule has 1 atom stereocenters. The third-order valence-corrected chi connectivity index (χ3v) is 4.56. The average molecular weight is 338 g/mol. The Balaban J connectivity index is 1.79. The largest absolute Gasteiger partial charge is 0.493 e. The molecule has 0 saturated carbocycles. The molecular weight excluding hydrogens is 316 g/mol. The minimum Gasteiger partial charge on any atom is -0.493 e. The summed E-state index contributed by atoms with van der Waals surface area (Å²) in [6, 6.07) is 15.0. The topological polar surface area (TPSA) is 72.6 Å². The molecule has 0 saturated heterocycles. The molecule has 5 nitrogen and oxygen atoms in total. The molecule has 0 radical (unpaired) electrons. The Morgan fingerprint density at radius 1 is 1.20 bits per heavy atom. The van der Waals surface area contributed by atoms with E-state index in [4.69, 9.17) is 10.5 Å². The number of benzene rings is 2. The van der Waals surface area contributed by atoms with Crippen LogP contribution in [-0.2, 0) is 17.6 Å². The van der Waals surface area contributed by atoms with Crippen molar-refractivity contribution in [3.8, 4) is 5.75 Å². The van der Waals surface area contributed by atoms with Crippen LogP contribution < -0.4 is 10.5 Å². The number of primary amides is 1. The summed E-state index contributed by atoms with van der Waals surface area (Å²) in [6.45, 7) is 0.654. The molecule has 130 valence electrons. The van der Waals surface area contributed by atoms with Crippen LogP contribution in [0.1, 0.15) is 27.9 Å². The van der Waals surface area contributed by atoms with Gasteiger partial charge in [0.2, 0.25) is 5.91 Å². The number of hydrogen-bond donors (Lipinski definition) is 1. The lowest BCUT2D eigenvalue weighted by molar-refractivity contribution is -0.118. The number of ether oxygens (including phenoxy) is 1. The highest BCUT2D eigenvalue weighted by Crippen LogP contribution is 2.27. The van der Waals surface area contributed by atoms with Crippen LogP contribution in [0.15, 0.2) is 48.5 Å². The Morgan fingerprint density at radius 3 is 2.68 bits per heavy atom. The first-order valence-electron chi connectivity index (χ1n) is 8.39. The molecule has 1 unspecified atom stereocenters. The maximum absolute atomic E-state index is 12.9. The maximum atomic E-state index is 12.9. The minimum atomic E-state index is -0.419. The van der Waals surface area contributed by atoms with Crippen molar-refractivity contribution < 1.29 is 14.3 Å². The normalized spacial score (nSPS) is 13.6. The van der Waals surface area contributed by atoms with E-state index in [0.29, 0.717) is 18.6 Å². The molecule has 2 aromatic carbocycles. The molecule has 1 aliphatic rings. The molecule has 0 aromatic heterocycles. The fourth-order valence-corrected chi connectivity index (χ4v) is 3.13. The summed E-state index contributed by atoms with van der Waals surface area (Å²) in [5, 5.41) is 0. The van der Waals surface area contributed by atoms with Crippen molar-refractivity contribution in [3.05, 3.63) is 65.2 Å². The van der Waals surface area contributed by atoms with Gasteiger partial charge in [0.15, 0.2) is 0 Å². The van der Waals surface area contributed by atoms with Crippen LogP contribution in [0, 0.1) is 0 Å². The SMILES string of the molecule is CN(C(=O)c1ccc2c(c1)OCC2)C(CC(N)=O)Cc1ccccc1. The quantitative estimate of drug-likeness (QED) is 0.877. The summed E-state index contributed by atoms with van der Waals surface area (Å²) < 4.78 is 5.54. The number of rotatable bonds is 6. The Hall–Kier alpha value is -2.82. The number of fused-ring (bicyclic) bond motifs is 1. The van der Waals surface area contributed by atoms with Gasteiger partial charge in [-0.05, 0) is 29.7 Å². The second kappa shape index (κ2) is 7.38. The zero-order valence-electron chi connectivity index (χ0n) is 14.3. The number of amides is 2. The first-order chi connectivity index (χ1) is 12.0. The van der Waals surface area contributed by atoms with Gasteiger partial charge in [-0.25, -0.2) is 0 Å². The summed E-state index contributed by atoms with van der Waals surface area (Å²) >= 11 is 0. The predicted molar refractivity (Wildman–Crippen MR) is 95.5 cm³/mol. The van der Waals surface area contributed by atoms with Crippen LogP contribution in [0.4, 0.5) is 0 Å². The van der Waals surface area contributed by atoms with Crippen LogP contribution in [0.25, 0.3) is 0 Å². The Labute approximate surface area is 147 Å². The maximum Gasteiger partial charge on any atom is 0.254 e. The van der Waals surface area contributed by atoms with Crippen molar-refractivity contribution >= 4 is 11.8 Å². The Bertz CT molecular complexity index is 774. The van der Waals surface area contributed by atoms with Crippen LogP contribution in [0.5, 0.6) is 5.75 Å². The van der Waals surface area contributed by atoms with E-state index in [1.807, 2.05) is 42.5 Å². The fourth-order valence-electron chi connectivity index (χ4n) is 3.13. The van der Waals surface area contributed by atoms with Gasteiger partial charge in [-0.1, -0.05) is 36.4 Å². The van der Waals surface area contributed by atoms with Gasteiger partial charge in [0.1, 0.15) is 5.75 Å². The molecule has 3 rings (SSSR count). The fraction of sp³-hybridized carbons (Fsp3) is 0.300. The van der Waals surface area contributed by atoms with Crippen molar-refractivity contribution in [1.82, 2.24) is 4.90 Å². The molecule has 0 fully saturated rings. The van der Waals surface area contributed by atoms with E-state index in [1.54, 1.807) is 18.0 Å². The van der Waals surface area contributed by atoms with E-state index >= 15 is 0 Å². The number of nitrogens with zero attached hydrogens (tertiary/aromatic N) is 1. The van der Waals surface area contributed by atoms with Crippen LogP contribution >= 0.6 is 0 Å². The third kappa shape index (κ3) is 3.99. The van der Waals surface area contributed by atoms with Crippen molar-refractivity contribution in [2.45, 2.75) is 25.3 Å². The Morgan fingerprint density at radius 2 is 1.96 bits per heavy atom. The monoisotopic (exact) mass is 338 g/mol. The van der Waals surface area contributed by atoms with Crippen molar-refractivity contribution in [2.24, 2.45) is 5.73 Å².